The number of benzene rings is 2. The van der Waals surface area contributed by atoms with Crippen LogP contribution in [0.4, 0.5) is 0 Å². The summed E-state index contributed by atoms with van der Waals surface area (Å²) in [6.07, 6.45) is 0.758. The number of hydrogen-bond donors (Lipinski definition) is 2. The molecule has 124 valence electrons. The van der Waals surface area contributed by atoms with E-state index >= 15 is 0 Å². The third kappa shape index (κ3) is 6.30. The summed E-state index contributed by atoms with van der Waals surface area (Å²) in [6.45, 7) is 2.86. The molecule has 2 aromatic carbocycles. The molecule has 1 amide bonds. The van der Waals surface area contributed by atoms with Gasteiger partial charge >= 0.3 is 0 Å². The summed E-state index contributed by atoms with van der Waals surface area (Å²) in [5.41, 5.74) is 7.20. The Morgan fingerprint density at radius 2 is 1.78 bits per heavy atom. The van der Waals surface area contributed by atoms with Gasteiger partial charge in [0.15, 0.2) is 0 Å². The highest BCUT2D eigenvalue weighted by molar-refractivity contribution is 5.95. The lowest BCUT2D eigenvalue weighted by molar-refractivity contribution is 0.0950. The van der Waals surface area contributed by atoms with Gasteiger partial charge in [-0.15, -0.1) is 12.4 Å². The predicted octanol–water partition coefficient (Wildman–Crippen LogP) is 3.15. The number of carbonyl (C=O) groups is 1. The second kappa shape index (κ2) is 9.87. The van der Waals surface area contributed by atoms with Crippen LogP contribution in [0.15, 0.2) is 54.6 Å². The summed E-state index contributed by atoms with van der Waals surface area (Å²) in [7, 11) is 0. The van der Waals surface area contributed by atoms with Gasteiger partial charge in [-0.3, -0.25) is 4.79 Å². The molecule has 1 unspecified atom stereocenters. The van der Waals surface area contributed by atoms with Crippen molar-refractivity contribution in [2.75, 3.05) is 6.54 Å². The van der Waals surface area contributed by atoms with Crippen molar-refractivity contribution in [3.63, 3.8) is 0 Å². The van der Waals surface area contributed by atoms with Gasteiger partial charge in [-0.2, -0.15) is 0 Å². The second-order valence-corrected chi connectivity index (χ2v) is 5.28. The molecule has 0 aliphatic carbocycles. The van der Waals surface area contributed by atoms with E-state index < -0.39 is 0 Å². The Morgan fingerprint density at radius 3 is 2.48 bits per heavy atom. The van der Waals surface area contributed by atoms with Crippen LogP contribution in [0.3, 0.4) is 0 Å². The van der Waals surface area contributed by atoms with Crippen LogP contribution in [-0.2, 0) is 6.61 Å². The molecule has 2 aromatic rings. The van der Waals surface area contributed by atoms with E-state index in [9.17, 15) is 4.79 Å². The van der Waals surface area contributed by atoms with Crippen LogP contribution < -0.4 is 15.8 Å². The van der Waals surface area contributed by atoms with E-state index in [-0.39, 0.29) is 24.4 Å². The van der Waals surface area contributed by atoms with Gasteiger partial charge in [0.2, 0.25) is 0 Å². The predicted molar refractivity (Wildman–Crippen MR) is 95.1 cm³/mol. The van der Waals surface area contributed by atoms with Crippen molar-refractivity contribution in [1.82, 2.24) is 5.32 Å². The van der Waals surface area contributed by atoms with Crippen LogP contribution in [-0.4, -0.2) is 18.5 Å². The van der Waals surface area contributed by atoms with Crippen LogP contribution in [0.5, 0.6) is 5.75 Å². The van der Waals surface area contributed by atoms with E-state index in [0.717, 1.165) is 17.7 Å². The monoisotopic (exact) mass is 334 g/mol. The van der Waals surface area contributed by atoms with Gasteiger partial charge in [0.1, 0.15) is 12.4 Å². The molecule has 0 bridgehead atoms. The Morgan fingerprint density at radius 1 is 1.13 bits per heavy atom. The molecule has 0 aliphatic heterocycles. The summed E-state index contributed by atoms with van der Waals surface area (Å²) in [6, 6.07) is 17.1. The van der Waals surface area contributed by atoms with Gasteiger partial charge in [0, 0.05) is 23.7 Å². The smallest absolute Gasteiger partial charge is 0.251 e. The molecule has 5 heteroatoms. The lowest BCUT2D eigenvalue weighted by Gasteiger charge is -2.12. The standard InChI is InChI=1S/C18H22N2O2.ClH/c1-14(19)11-12-20-18(21)17-10-6-5-7-15(17)13-22-16-8-3-2-4-9-16;/h2-10,14H,11-13,19H2,1H3,(H,20,21);1H. The van der Waals surface area contributed by atoms with E-state index in [0.29, 0.717) is 18.7 Å². The number of nitrogens with one attached hydrogen (secondary N) is 1. The molecule has 0 radical (unpaired) electrons. The van der Waals surface area contributed by atoms with Crippen LogP contribution in [0, 0.1) is 0 Å². The molecule has 0 saturated heterocycles. The molecule has 0 saturated carbocycles. The first-order valence-corrected chi connectivity index (χ1v) is 7.46. The third-order valence-electron chi connectivity index (χ3n) is 3.28. The zero-order valence-corrected chi connectivity index (χ0v) is 14.0. The van der Waals surface area contributed by atoms with Gasteiger partial charge < -0.3 is 15.8 Å². The lowest BCUT2D eigenvalue weighted by atomic mass is 10.1. The SMILES string of the molecule is CC(N)CCNC(=O)c1ccccc1COc1ccccc1.Cl. The fourth-order valence-corrected chi connectivity index (χ4v) is 2.05. The van der Waals surface area contributed by atoms with Crippen LogP contribution >= 0.6 is 12.4 Å². The van der Waals surface area contributed by atoms with E-state index in [2.05, 4.69) is 5.32 Å². The van der Waals surface area contributed by atoms with Gasteiger partial charge in [0.25, 0.3) is 5.91 Å². The van der Waals surface area contributed by atoms with Crippen LogP contribution in [0.25, 0.3) is 0 Å². The van der Waals surface area contributed by atoms with Crippen molar-refractivity contribution < 1.29 is 9.53 Å². The van der Waals surface area contributed by atoms with E-state index in [1.54, 1.807) is 0 Å². The number of hydrogen-bond acceptors (Lipinski definition) is 3. The molecule has 0 spiro atoms. The molecule has 0 fully saturated rings. The van der Waals surface area contributed by atoms with E-state index in [1.807, 2.05) is 61.5 Å². The Bertz CT molecular complexity index is 603. The molecule has 0 aromatic heterocycles. The lowest BCUT2D eigenvalue weighted by Crippen LogP contribution is -2.29. The minimum absolute atomic E-state index is 0. The van der Waals surface area contributed by atoms with Gasteiger partial charge in [-0.25, -0.2) is 0 Å². The first-order valence-electron chi connectivity index (χ1n) is 7.46. The zero-order chi connectivity index (χ0) is 15.8. The van der Waals surface area contributed by atoms with Crippen molar-refractivity contribution >= 4 is 18.3 Å². The normalized spacial score (nSPS) is 11.2. The molecular weight excluding hydrogens is 312 g/mol. The van der Waals surface area contributed by atoms with Gasteiger partial charge in [0.05, 0.1) is 0 Å². The highest BCUT2D eigenvalue weighted by atomic mass is 35.5. The fourth-order valence-electron chi connectivity index (χ4n) is 2.05. The van der Waals surface area contributed by atoms with Crippen molar-refractivity contribution in [2.24, 2.45) is 5.73 Å². The quantitative estimate of drug-likeness (QED) is 0.817. The van der Waals surface area contributed by atoms with Crippen molar-refractivity contribution in [2.45, 2.75) is 26.0 Å². The topological polar surface area (TPSA) is 64.3 Å². The summed E-state index contributed by atoms with van der Waals surface area (Å²) >= 11 is 0. The number of ether oxygens (including phenoxy) is 1. The minimum Gasteiger partial charge on any atom is -0.489 e. The number of nitrogens with two attached hydrogens (primary N) is 1. The fraction of sp³-hybridized carbons (Fsp3) is 0.278. The molecule has 0 aliphatic rings. The average molecular weight is 335 g/mol. The maximum atomic E-state index is 12.3. The number of para-hydroxylation sites is 1. The molecule has 0 heterocycles. The second-order valence-electron chi connectivity index (χ2n) is 5.28. The van der Waals surface area contributed by atoms with Crippen molar-refractivity contribution in [3.8, 4) is 5.75 Å². The molecule has 3 N–H and O–H groups in total. The molecule has 1 atom stereocenters. The van der Waals surface area contributed by atoms with Gasteiger partial charge in [-0.05, 0) is 31.5 Å². The zero-order valence-electron chi connectivity index (χ0n) is 13.2. The first-order chi connectivity index (χ1) is 10.7. The first kappa shape index (κ1) is 19.0. The van der Waals surface area contributed by atoms with Crippen molar-refractivity contribution in [1.29, 1.82) is 0 Å². The Hall–Kier alpha value is -2.04. The molecule has 23 heavy (non-hydrogen) atoms. The van der Waals surface area contributed by atoms with Crippen LogP contribution in [0.1, 0.15) is 29.3 Å². The number of rotatable bonds is 7. The van der Waals surface area contributed by atoms with Crippen molar-refractivity contribution in [3.05, 3.63) is 65.7 Å². The highest BCUT2D eigenvalue weighted by Gasteiger charge is 2.11. The maximum absolute atomic E-state index is 12.3. The number of halogens is 1. The molecule has 4 nitrogen and oxygen atoms in total. The Kier molecular flexibility index (Phi) is 8.16. The maximum Gasteiger partial charge on any atom is 0.251 e. The Balaban J connectivity index is 0.00000264. The van der Waals surface area contributed by atoms with Gasteiger partial charge in [-0.1, -0.05) is 36.4 Å². The highest BCUT2D eigenvalue weighted by Crippen LogP contribution is 2.14. The molecular formula is C18H23ClN2O2. The Labute approximate surface area is 143 Å². The average Bonchev–Trinajstić information content (AvgIpc) is 2.54. The summed E-state index contributed by atoms with van der Waals surface area (Å²) in [5, 5.41) is 2.89. The summed E-state index contributed by atoms with van der Waals surface area (Å²) < 4.78 is 5.73. The molecule has 2 rings (SSSR count). The minimum atomic E-state index is -0.0899. The third-order valence-corrected chi connectivity index (χ3v) is 3.28. The summed E-state index contributed by atoms with van der Waals surface area (Å²) in [5.74, 6) is 0.697. The van der Waals surface area contributed by atoms with E-state index in [4.69, 9.17) is 10.5 Å². The summed E-state index contributed by atoms with van der Waals surface area (Å²) in [4.78, 5) is 12.3. The largest absolute Gasteiger partial charge is 0.489 e. The van der Waals surface area contributed by atoms with Crippen LogP contribution in [0.2, 0.25) is 0 Å². The number of amides is 1. The van der Waals surface area contributed by atoms with E-state index in [1.165, 1.54) is 0 Å². The number of carbonyl (C=O) groups excluding carboxylic acids is 1.